The molecule has 1 aliphatic rings. The first-order chi connectivity index (χ1) is 7.68. The summed E-state index contributed by atoms with van der Waals surface area (Å²) < 4.78 is 0. The van der Waals surface area contributed by atoms with Gasteiger partial charge in [-0.05, 0) is 24.7 Å². The van der Waals surface area contributed by atoms with Crippen LogP contribution in [0.25, 0.3) is 0 Å². The van der Waals surface area contributed by atoms with E-state index in [0.717, 1.165) is 24.7 Å². The molecule has 0 amide bonds. The summed E-state index contributed by atoms with van der Waals surface area (Å²) in [6.07, 6.45) is 12.9. The maximum absolute atomic E-state index is 10.0. The van der Waals surface area contributed by atoms with Crippen molar-refractivity contribution in [2.75, 3.05) is 0 Å². The van der Waals surface area contributed by atoms with Crippen molar-refractivity contribution in [2.45, 2.75) is 84.2 Å². The van der Waals surface area contributed by atoms with Crippen molar-refractivity contribution in [1.82, 2.24) is 0 Å². The van der Waals surface area contributed by atoms with Crippen molar-refractivity contribution >= 4 is 0 Å². The Hall–Kier alpha value is -0.0400. The van der Waals surface area contributed by atoms with Crippen molar-refractivity contribution in [2.24, 2.45) is 11.8 Å². The molecule has 0 spiro atoms. The third-order valence-electron chi connectivity index (χ3n) is 3.90. The number of rotatable bonds is 6. The van der Waals surface area contributed by atoms with E-state index in [0.29, 0.717) is 0 Å². The first kappa shape index (κ1) is 14.0. The number of hydrogen-bond acceptors (Lipinski definition) is 1. The maximum Gasteiger partial charge on any atom is 0.0542 e. The van der Waals surface area contributed by atoms with Crippen molar-refractivity contribution in [3.8, 4) is 0 Å². The summed E-state index contributed by atoms with van der Waals surface area (Å²) in [5.41, 5.74) is 0. The fourth-order valence-electron chi connectivity index (χ4n) is 2.86. The van der Waals surface area contributed by atoms with Gasteiger partial charge in [-0.15, -0.1) is 0 Å². The van der Waals surface area contributed by atoms with E-state index in [9.17, 15) is 5.11 Å². The Kier molecular flexibility index (Phi) is 7.11. The molecule has 0 aromatic carbocycles. The van der Waals surface area contributed by atoms with Crippen LogP contribution in [0.15, 0.2) is 0 Å². The van der Waals surface area contributed by atoms with Gasteiger partial charge < -0.3 is 5.11 Å². The summed E-state index contributed by atoms with van der Waals surface area (Å²) in [5, 5.41) is 10.0. The van der Waals surface area contributed by atoms with E-state index in [1.807, 2.05) is 0 Å². The molecule has 0 heterocycles. The van der Waals surface area contributed by atoms with Crippen LogP contribution in [0.2, 0.25) is 0 Å². The summed E-state index contributed by atoms with van der Waals surface area (Å²) >= 11 is 0. The Labute approximate surface area is 102 Å². The fourth-order valence-corrected chi connectivity index (χ4v) is 2.86. The zero-order chi connectivity index (χ0) is 11.8. The van der Waals surface area contributed by atoms with E-state index in [1.54, 1.807) is 0 Å². The first-order valence-electron chi connectivity index (χ1n) is 7.36. The summed E-state index contributed by atoms with van der Waals surface area (Å²) in [6, 6.07) is 0. The predicted molar refractivity (Wildman–Crippen MR) is 70.5 cm³/mol. The fraction of sp³-hybridized carbons (Fsp3) is 1.00. The number of aliphatic hydroxyl groups is 1. The Morgan fingerprint density at radius 3 is 2.19 bits per heavy atom. The summed E-state index contributed by atoms with van der Waals surface area (Å²) in [6.45, 7) is 4.52. The Bertz CT molecular complexity index is 157. The molecule has 1 rings (SSSR count). The lowest BCUT2D eigenvalue weighted by Crippen LogP contribution is -2.13. The molecule has 0 aromatic heterocycles. The van der Waals surface area contributed by atoms with Crippen molar-refractivity contribution in [3.63, 3.8) is 0 Å². The zero-order valence-corrected chi connectivity index (χ0v) is 11.3. The standard InChI is InChI=1S/C15H30O/c1-13(2)8-7-11-15(16)12-14-9-5-3-4-6-10-14/h13-16H,3-12H2,1-2H3. The molecule has 1 fully saturated rings. The lowest BCUT2D eigenvalue weighted by atomic mass is 9.91. The molecule has 1 heteroatoms. The van der Waals surface area contributed by atoms with Crippen LogP contribution < -0.4 is 0 Å². The Morgan fingerprint density at radius 1 is 1.00 bits per heavy atom. The molecule has 1 nitrogen and oxygen atoms in total. The topological polar surface area (TPSA) is 20.2 Å². The largest absolute Gasteiger partial charge is 0.393 e. The SMILES string of the molecule is CC(C)CCCC(O)CC1CCCCCC1. The highest BCUT2D eigenvalue weighted by atomic mass is 16.3. The quantitative estimate of drug-likeness (QED) is 0.660. The lowest BCUT2D eigenvalue weighted by Gasteiger charge is -2.18. The van der Waals surface area contributed by atoms with Gasteiger partial charge in [0, 0.05) is 0 Å². The number of hydrogen-bond donors (Lipinski definition) is 1. The average molecular weight is 226 g/mol. The molecule has 0 aromatic rings. The molecular formula is C15H30O. The highest BCUT2D eigenvalue weighted by molar-refractivity contribution is 4.69. The second-order valence-corrected chi connectivity index (χ2v) is 6.07. The van der Waals surface area contributed by atoms with Crippen LogP contribution in [0.1, 0.15) is 78.1 Å². The Balaban J connectivity index is 2.09. The van der Waals surface area contributed by atoms with E-state index in [-0.39, 0.29) is 6.10 Å². The molecule has 16 heavy (non-hydrogen) atoms. The van der Waals surface area contributed by atoms with Crippen LogP contribution in [-0.4, -0.2) is 11.2 Å². The van der Waals surface area contributed by atoms with Crippen molar-refractivity contribution in [1.29, 1.82) is 0 Å². The van der Waals surface area contributed by atoms with Gasteiger partial charge >= 0.3 is 0 Å². The van der Waals surface area contributed by atoms with Gasteiger partial charge in [-0.25, -0.2) is 0 Å². The second kappa shape index (κ2) is 8.11. The van der Waals surface area contributed by atoms with Gasteiger partial charge in [0.05, 0.1) is 6.10 Å². The van der Waals surface area contributed by atoms with Crippen LogP contribution in [0.4, 0.5) is 0 Å². The van der Waals surface area contributed by atoms with Crippen LogP contribution >= 0.6 is 0 Å². The molecular weight excluding hydrogens is 196 g/mol. The molecule has 0 saturated heterocycles. The highest BCUT2D eigenvalue weighted by Gasteiger charge is 2.16. The van der Waals surface area contributed by atoms with Crippen LogP contribution in [0, 0.1) is 11.8 Å². The molecule has 96 valence electrons. The lowest BCUT2D eigenvalue weighted by molar-refractivity contribution is 0.124. The Morgan fingerprint density at radius 2 is 1.62 bits per heavy atom. The van der Waals surface area contributed by atoms with Crippen molar-refractivity contribution in [3.05, 3.63) is 0 Å². The first-order valence-corrected chi connectivity index (χ1v) is 7.36. The van der Waals surface area contributed by atoms with E-state index in [4.69, 9.17) is 0 Å². The van der Waals surface area contributed by atoms with Gasteiger partial charge in [0.2, 0.25) is 0 Å². The van der Waals surface area contributed by atoms with Gasteiger partial charge in [-0.3, -0.25) is 0 Å². The van der Waals surface area contributed by atoms with E-state index in [2.05, 4.69) is 13.8 Å². The van der Waals surface area contributed by atoms with Crippen LogP contribution in [0.3, 0.4) is 0 Å². The third-order valence-corrected chi connectivity index (χ3v) is 3.90. The highest BCUT2D eigenvalue weighted by Crippen LogP contribution is 2.27. The van der Waals surface area contributed by atoms with Gasteiger partial charge in [0.1, 0.15) is 0 Å². The van der Waals surface area contributed by atoms with Crippen molar-refractivity contribution < 1.29 is 5.11 Å². The van der Waals surface area contributed by atoms with E-state index in [1.165, 1.54) is 51.4 Å². The summed E-state index contributed by atoms with van der Waals surface area (Å²) in [4.78, 5) is 0. The minimum atomic E-state index is -0.0261. The molecule has 0 radical (unpaired) electrons. The van der Waals surface area contributed by atoms with Gasteiger partial charge in [-0.1, -0.05) is 65.2 Å². The molecule has 1 atom stereocenters. The van der Waals surface area contributed by atoms with Gasteiger partial charge in [-0.2, -0.15) is 0 Å². The second-order valence-electron chi connectivity index (χ2n) is 6.07. The van der Waals surface area contributed by atoms with E-state index >= 15 is 0 Å². The smallest absolute Gasteiger partial charge is 0.0542 e. The third kappa shape index (κ3) is 6.52. The average Bonchev–Trinajstić information content (AvgIpc) is 2.45. The normalized spacial score (nSPS) is 21.0. The molecule has 1 unspecified atom stereocenters. The summed E-state index contributed by atoms with van der Waals surface area (Å²) in [5.74, 6) is 1.60. The van der Waals surface area contributed by atoms with Gasteiger partial charge in [0.15, 0.2) is 0 Å². The minimum Gasteiger partial charge on any atom is -0.393 e. The molecule has 1 saturated carbocycles. The van der Waals surface area contributed by atoms with Crippen LogP contribution in [0.5, 0.6) is 0 Å². The maximum atomic E-state index is 10.0. The molecule has 1 N–H and O–H groups in total. The zero-order valence-electron chi connectivity index (χ0n) is 11.3. The van der Waals surface area contributed by atoms with Gasteiger partial charge in [0.25, 0.3) is 0 Å². The minimum absolute atomic E-state index is 0.0261. The van der Waals surface area contributed by atoms with E-state index < -0.39 is 0 Å². The molecule has 1 aliphatic carbocycles. The van der Waals surface area contributed by atoms with Crippen LogP contribution in [-0.2, 0) is 0 Å². The monoisotopic (exact) mass is 226 g/mol. The summed E-state index contributed by atoms with van der Waals surface area (Å²) in [7, 11) is 0. The predicted octanol–water partition coefficient (Wildman–Crippen LogP) is 4.53. The number of aliphatic hydroxyl groups excluding tert-OH is 1. The molecule has 0 aliphatic heterocycles. The molecule has 0 bridgehead atoms.